The number of anilines is 1. The highest BCUT2D eigenvalue weighted by Crippen LogP contribution is 2.24. The Morgan fingerprint density at radius 3 is 3.00 bits per heavy atom. The molecular formula is C14H11BrN4O2S. The number of hydrogen-bond acceptors (Lipinski definition) is 4. The number of hydrogen-bond donors (Lipinski definition) is 3. The van der Waals surface area contributed by atoms with E-state index in [1.54, 1.807) is 11.6 Å². The summed E-state index contributed by atoms with van der Waals surface area (Å²) >= 11 is 4.65. The Morgan fingerprint density at radius 2 is 2.23 bits per heavy atom. The molecule has 2 amide bonds. The minimum absolute atomic E-state index is 0.0619. The SMILES string of the molecule is NC(=O)Cc1csc(NC(=O)c2c[nH]c3ccc(Br)cc23)n1. The molecule has 0 aliphatic heterocycles. The first-order valence-electron chi connectivity index (χ1n) is 6.33. The number of fused-ring (bicyclic) bond motifs is 1. The Kier molecular flexibility index (Phi) is 3.95. The molecule has 0 aliphatic carbocycles. The first-order valence-corrected chi connectivity index (χ1v) is 8.01. The highest BCUT2D eigenvalue weighted by Gasteiger charge is 2.14. The molecular weight excluding hydrogens is 368 g/mol. The smallest absolute Gasteiger partial charge is 0.259 e. The van der Waals surface area contributed by atoms with E-state index < -0.39 is 5.91 Å². The van der Waals surface area contributed by atoms with Crippen molar-refractivity contribution >= 4 is 55.1 Å². The summed E-state index contributed by atoms with van der Waals surface area (Å²) in [7, 11) is 0. The number of nitrogens with two attached hydrogens (primary N) is 1. The van der Waals surface area contributed by atoms with E-state index in [4.69, 9.17) is 5.73 Å². The maximum Gasteiger partial charge on any atom is 0.259 e. The largest absolute Gasteiger partial charge is 0.369 e. The first-order chi connectivity index (χ1) is 10.5. The zero-order valence-electron chi connectivity index (χ0n) is 11.2. The van der Waals surface area contributed by atoms with Gasteiger partial charge in [-0.05, 0) is 18.2 Å². The molecule has 0 fully saturated rings. The van der Waals surface area contributed by atoms with Crippen molar-refractivity contribution in [2.75, 3.05) is 5.32 Å². The van der Waals surface area contributed by atoms with Crippen LogP contribution in [-0.2, 0) is 11.2 Å². The number of thiazole rings is 1. The number of benzene rings is 1. The number of carbonyl (C=O) groups excluding carboxylic acids is 2. The average Bonchev–Trinajstić information content (AvgIpc) is 3.04. The average molecular weight is 379 g/mol. The van der Waals surface area contributed by atoms with E-state index in [1.807, 2.05) is 18.2 Å². The van der Waals surface area contributed by atoms with E-state index in [1.165, 1.54) is 11.3 Å². The molecule has 0 aliphatic rings. The molecule has 2 heterocycles. The summed E-state index contributed by atoms with van der Waals surface area (Å²) in [5.41, 5.74) is 7.08. The summed E-state index contributed by atoms with van der Waals surface area (Å²) < 4.78 is 0.895. The van der Waals surface area contributed by atoms with Crippen molar-refractivity contribution in [3.05, 3.63) is 45.5 Å². The van der Waals surface area contributed by atoms with Gasteiger partial charge in [0.2, 0.25) is 5.91 Å². The molecule has 0 saturated carbocycles. The van der Waals surface area contributed by atoms with Gasteiger partial charge in [-0.2, -0.15) is 0 Å². The van der Waals surface area contributed by atoms with E-state index in [2.05, 4.69) is 31.2 Å². The van der Waals surface area contributed by atoms with Gasteiger partial charge in [-0.15, -0.1) is 11.3 Å². The topological polar surface area (TPSA) is 101 Å². The Bertz CT molecular complexity index is 871. The van der Waals surface area contributed by atoms with Crippen LogP contribution in [0.3, 0.4) is 0 Å². The van der Waals surface area contributed by atoms with Crippen LogP contribution in [0.15, 0.2) is 34.2 Å². The van der Waals surface area contributed by atoms with Gasteiger partial charge in [-0.25, -0.2) is 4.98 Å². The molecule has 112 valence electrons. The monoisotopic (exact) mass is 378 g/mol. The van der Waals surface area contributed by atoms with Crippen molar-refractivity contribution < 1.29 is 9.59 Å². The van der Waals surface area contributed by atoms with E-state index in [-0.39, 0.29) is 12.3 Å². The molecule has 3 aromatic rings. The van der Waals surface area contributed by atoms with E-state index >= 15 is 0 Å². The number of H-pyrrole nitrogens is 1. The molecule has 3 rings (SSSR count). The lowest BCUT2D eigenvalue weighted by Gasteiger charge is -2.00. The number of aromatic nitrogens is 2. The fourth-order valence-corrected chi connectivity index (χ4v) is 3.14. The molecule has 0 bridgehead atoms. The lowest BCUT2D eigenvalue weighted by atomic mass is 10.1. The summed E-state index contributed by atoms with van der Waals surface area (Å²) in [6.45, 7) is 0. The van der Waals surface area contributed by atoms with Gasteiger partial charge >= 0.3 is 0 Å². The number of halogens is 1. The number of carbonyl (C=O) groups is 2. The summed E-state index contributed by atoms with van der Waals surface area (Å²) in [4.78, 5) is 30.4. The predicted octanol–water partition coefficient (Wildman–Crippen LogP) is 2.67. The predicted molar refractivity (Wildman–Crippen MR) is 89.0 cm³/mol. The molecule has 0 atom stereocenters. The van der Waals surface area contributed by atoms with Gasteiger partial charge in [-0.3, -0.25) is 14.9 Å². The Balaban J connectivity index is 1.82. The fourth-order valence-electron chi connectivity index (χ4n) is 2.07. The number of rotatable bonds is 4. The second-order valence-corrected chi connectivity index (χ2v) is 6.41. The molecule has 0 radical (unpaired) electrons. The zero-order chi connectivity index (χ0) is 15.7. The second-order valence-electron chi connectivity index (χ2n) is 4.63. The van der Waals surface area contributed by atoms with Crippen LogP contribution in [0.1, 0.15) is 16.1 Å². The van der Waals surface area contributed by atoms with E-state index in [0.29, 0.717) is 16.4 Å². The van der Waals surface area contributed by atoms with Crippen LogP contribution in [-0.4, -0.2) is 21.8 Å². The lowest BCUT2D eigenvalue weighted by Crippen LogP contribution is -2.14. The highest BCUT2D eigenvalue weighted by atomic mass is 79.9. The highest BCUT2D eigenvalue weighted by molar-refractivity contribution is 9.10. The van der Waals surface area contributed by atoms with E-state index in [0.717, 1.165) is 15.4 Å². The van der Waals surface area contributed by atoms with Crippen LogP contribution < -0.4 is 11.1 Å². The third-order valence-electron chi connectivity index (χ3n) is 3.02. The van der Waals surface area contributed by atoms with Crippen LogP contribution >= 0.6 is 27.3 Å². The Hall–Kier alpha value is -2.19. The first kappa shape index (κ1) is 14.7. The summed E-state index contributed by atoms with van der Waals surface area (Å²) in [6.07, 6.45) is 1.72. The Labute approximate surface area is 137 Å². The van der Waals surface area contributed by atoms with Crippen molar-refractivity contribution in [2.45, 2.75) is 6.42 Å². The fraction of sp³-hybridized carbons (Fsp3) is 0.0714. The normalized spacial score (nSPS) is 10.8. The van der Waals surface area contributed by atoms with Gasteiger partial charge in [0.05, 0.1) is 17.7 Å². The number of primary amides is 1. The standard InChI is InChI=1S/C14H11BrN4O2S/c15-7-1-2-11-9(3-7)10(5-17-11)13(21)19-14-18-8(6-22-14)4-12(16)20/h1-3,5-6,17H,4H2,(H2,16,20)(H,18,19,21). The molecule has 6 nitrogen and oxygen atoms in total. The Morgan fingerprint density at radius 1 is 1.41 bits per heavy atom. The summed E-state index contributed by atoms with van der Waals surface area (Å²) in [5, 5.41) is 5.69. The lowest BCUT2D eigenvalue weighted by molar-refractivity contribution is -0.117. The molecule has 0 saturated heterocycles. The van der Waals surface area contributed by atoms with Gasteiger partial charge in [0.1, 0.15) is 0 Å². The molecule has 8 heteroatoms. The van der Waals surface area contributed by atoms with Crippen LogP contribution in [0.2, 0.25) is 0 Å². The van der Waals surface area contributed by atoms with Crippen LogP contribution in [0.4, 0.5) is 5.13 Å². The maximum atomic E-state index is 12.4. The van der Waals surface area contributed by atoms with Gasteiger partial charge in [0.15, 0.2) is 5.13 Å². The van der Waals surface area contributed by atoms with Gasteiger partial charge < -0.3 is 10.7 Å². The molecule has 2 aromatic heterocycles. The summed E-state index contributed by atoms with van der Waals surface area (Å²) in [5.74, 6) is -0.714. The number of nitrogens with zero attached hydrogens (tertiary/aromatic N) is 1. The minimum atomic E-state index is -0.454. The molecule has 1 aromatic carbocycles. The molecule has 0 unspecified atom stereocenters. The summed E-state index contributed by atoms with van der Waals surface area (Å²) in [6, 6.07) is 5.67. The molecule has 22 heavy (non-hydrogen) atoms. The number of aromatic amines is 1. The quantitative estimate of drug-likeness (QED) is 0.650. The second kappa shape index (κ2) is 5.90. The third kappa shape index (κ3) is 3.02. The molecule has 0 spiro atoms. The van der Waals surface area contributed by atoms with E-state index in [9.17, 15) is 9.59 Å². The van der Waals surface area contributed by atoms with Crippen molar-refractivity contribution in [1.29, 1.82) is 0 Å². The van der Waals surface area contributed by atoms with Crippen molar-refractivity contribution in [3.8, 4) is 0 Å². The van der Waals surface area contributed by atoms with Crippen molar-refractivity contribution in [2.24, 2.45) is 5.73 Å². The minimum Gasteiger partial charge on any atom is -0.369 e. The maximum absolute atomic E-state index is 12.4. The van der Waals surface area contributed by atoms with Crippen molar-refractivity contribution in [1.82, 2.24) is 9.97 Å². The number of nitrogens with one attached hydrogen (secondary N) is 2. The van der Waals surface area contributed by atoms with Crippen LogP contribution in [0.25, 0.3) is 10.9 Å². The molecule has 4 N–H and O–H groups in total. The van der Waals surface area contributed by atoms with Crippen molar-refractivity contribution in [3.63, 3.8) is 0 Å². The zero-order valence-corrected chi connectivity index (χ0v) is 13.6. The number of amides is 2. The van der Waals surface area contributed by atoms with Gasteiger partial charge in [0, 0.05) is 27.0 Å². The van der Waals surface area contributed by atoms with Crippen LogP contribution in [0.5, 0.6) is 0 Å². The van der Waals surface area contributed by atoms with Gasteiger partial charge in [-0.1, -0.05) is 15.9 Å². The van der Waals surface area contributed by atoms with Crippen LogP contribution in [0, 0.1) is 0 Å². The van der Waals surface area contributed by atoms with Gasteiger partial charge in [0.25, 0.3) is 5.91 Å². The third-order valence-corrected chi connectivity index (χ3v) is 4.32.